The van der Waals surface area contributed by atoms with Gasteiger partial charge in [-0.3, -0.25) is 9.59 Å². The van der Waals surface area contributed by atoms with Crippen LogP contribution in [0.1, 0.15) is 55.6 Å². The summed E-state index contributed by atoms with van der Waals surface area (Å²) in [5, 5.41) is 20.9. The Morgan fingerprint density at radius 1 is 0.543 bits per heavy atom. The van der Waals surface area contributed by atoms with Crippen molar-refractivity contribution in [3.05, 3.63) is 144 Å². The Hall–Kier alpha value is -5.04. The number of rotatable bonds is 13. The molecule has 0 amide bonds. The number of hydrogen-bond donors (Lipinski definition) is 2. The topological polar surface area (TPSA) is 81.1 Å². The fourth-order valence-corrected chi connectivity index (χ4v) is 5.48. The van der Waals surface area contributed by atoms with E-state index in [0.29, 0.717) is 11.1 Å². The molecule has 0 aromatic heterocycles. The van der Waals surface area contributed by atoms with Crippen LogP contribution in [0.25, 0.3) is 11.1 Å². The molecule has 2 atom stereocenters. The lowest BCUT2D eigenvalue weighted by atomic mass is 10.0. The average Bonchev–Trinajstić information content (AvgIpc) is 3.11. The van der Waals surface area contributed by atoms with E-state index in [-0.39, 0.29) is 24.4 Å². The second-order valence-corrected chi connectivity index (χ2v) is 11.4. The number of aliphatic hydroxyl groups is 2. The molecule has 6 nitrogen and oxygen atoms in total. The summed E-state index contributed by atoms with van der Waals surface area (Å²) in [5.41, 5.74) is 8.22. The molecule has 0 radical (unpaired) electrons. The quantitative estimate of drug-likeness (QED) is 0.139. The summed E-state index contributed by atoms with van der Waals surface area (Å²) in [6.45, 7) is 4.30. The third-order valence-corrected chi connectivity index (χ3v) is 8.27. The number of carbonyl (C=O) groups is 2. The molecule has 0 fully saturated rings. The van der Waals surface area contributed by atoms with Gasteiger partial charge in [0.2, 0.25) is 0 Å². The first-order valence-corrected chi connectivity index (χ1v) is 15.7. The van der Waals surface area contributed by atoms with E-state index in [2.05, 4.69) is 89.6 Å². The molecule has 5 aromatic rings. The minimum Gasteiger partial charge on any atom is -0.381 e. The zero-order chi connectivity index (χ0) is 32.6. The van der Waals surface area contributed by atoms with Crippen molar-refractivity contribution in [3.63, 3.8) is 0 Å². The molecule has 0 saturated heterocycles. The van der Waals surface area contributed by atoms with Crippen LogP contribution in [0.15, 0.2) is 127 Å². The van der Waals surface area contributed by atoms with Crippen molar-refractivity contribution < 1.29 is 19.8 Å². The van der Waals surface area contributed by atoms with Crippen molar-refractivity contribution >= 4 is 34.3 Å². The van der Waals surface area contributed by atoms with Crippen LogP contribution in [-0.4, -0.2) is 28.8 Å². The van der Waals surface area contributed by atoms with Crippen LogP contribution in [0, 0.1) is 0 Å². The molecular formula is C40H40N2O4. The van der Waals surface area contributed by atoms with E-state index < -0.39 is 12.2 Å². The minimum atomic E-state index is -1.16. The number of hydrogen-bond acceptors (Lipinski definition) is 6. The predicted octanol–water partition coefficient (Wildman–Crippen LogP) is 8.48. The van der Waals surface area contributed by atoms with Gasteiger partial charge in [-0.05, 0) is 76.3 Å². The second-order valence-electron chi connectivity index (χ2n) is 11.4. The summed E-state index contributed by atoms with van der Waals surface area (Å²) in [6.07, 6.45) is -1.80. The van der Waals surface area contributed by atoms with Gasteiger partial charge in [0.15, 0.2) is 11.6 Å². The van der Waals surface area contributed by atoms with Gasteiger partial charge in [0.05, 0.1) is 0 Å². The van der Waals surface area contributed by atoms with Gasteiger partial charge in [0.1, 0.15) is 12.2 Å². The summed E-state index contributed by atoms with van der Waals surface area (Å²) in [7, 11) is 2.09. The van der Waals surface area contributed by atoms with Gasteiger partial charge in [-0.2, -0.15) is 0 Å². The largest absolute Gasteiger partial charge is 0.381 e. The molecule has 234 valence electrons. The molecule has 0 aliphatic rings. The number of anilines is 4. The Labute approximate surface area is 271 Å². The molecule has 5 rings (SSSR count). The van der Waals surface area contributed by atoms with Crippen molar-refractivity contribution in [1.29, 1.82) is 0 Å². The van der Waals surface area contributed by atoms with Crippen molar-refractivity contribution in [2.45, 2.75) is 45.4 Å². The zero-order valence-corrected chi connectivity index (χ0v) is 26.5. The second kappa shape index (κ2) is 14.8. The lowest BCUT2D eigenvalue weighted by molar-refractivity contribution is -0.127. The van der Waals surface area contributed by atoms with Crippen LogP contribution in [0.2, 0.25) is 0 Å². The van der Waals surface area contributed by atoms with E-state index in [4.69, 9.17) is 0 Å². The first-order valence-electron chi connectivity index (χ1n) is 15.7. The molecule has 0 heterocycles. The van der Waals surface area contributed by atoms with Gasteiger partial charge in [-0.15, -0.1) is 0 Å². The van der Waals surface area contributed by atoms with E-state index in [9.17, 15) is 19.8 Å². The van der Waals surface area contributed by atoms with Crippen LogP contribution in [0.5, 0.6) is 0 Å². The molecule has 0 spiro atoms. The lowest BCUT2D eigenvalue weighted by Crippen LogP contribution is -2.16. The SMILES string of the molecule is CCC(=O)C(O)c1ccc(N(c2ccc(-c3ccc(N(C)Cc4ccccc4)cc3)cc2)c2ccc(C(O)C(=O)CC)cc2)cc1. The molecule has 0 bridgehead atoms. The third kappa shape index (κ3) is 7.42. The highest BCUT2D eigenvalue weighted by molar-refractivity contribution is 5.85. The van der Waals surface area contributed by atoms with E-state index >= 15 is 0 Å². The maximum atomic E-state index is 12.1. The molecule has 0 aliphatic heterocycles. The molecule has 2 N–H and O–H groups in total. The number of carbonyl (C=O) groups excluding carboxylic acids is 2. The highest BCUT2D eigenvalue weighted by atomic mass is 16.3. The Balaban J connectivity index is 1.42. The summed E-state index contributed by atoms with van der Waals surface area (Å²) < 4.78 is 0. The van der Waals surface area contributed by atoms with Crippen LogP contribution in [0.4, 0.5) is 22.7 Å². The van der Waals surface area contributed by atoms with Crippen molar-refractivity contribution in [3.8, 4) is 11.1 Å². The van der Waals surface area contributed by atoms with Crippen LogP contribution < -0.4 is 9.80 Å². The molecule has 0 aliphatic carbocycles. The number of nitrogens with zero attached hydrogens (tertiary/aromatic N) is 2. The van der Waals surface area contributed by atoms with Gasteiger partial charge >= 0.3 is 0 Å². The summed E-state index contributed by atoms with van der Waals surface area (Å²) in [4.78, 5) is 28.5. The van der Waals surface area contributed by atoms with E-state index in [0.717, 1.165) is 40.4 Å². The maximum Gasteiger partial charge on any atom is 0.165 e. The first kappa shape index (κ1) is 32.4. The lowest BCUT2D eigenvalue weighted by Gasteiger charge is -2.26. The fourth-order valence-electron chi connectivity index (χ4n) is 5.48. The molecule has 2 unspecified atom stereocenters. The minimum absolute atomic E-state index is 0.230. The zero-order valence-electron chi connectivity index (χ0n) is 26.5. The standard InChI is InChI=1S/C40H40N2O4/c1-4-37(43)39(45)31-15-23-35(24-16-31)42(36-25-17-32(18-26-36)40(46)38(44)5-2)34-21-13-30(14-22-34)29-11-19-33(20-12-29)41(3)27-28-9-7-6-8-10-28/h6-26,39-40,45-46H,4-5,27H2,1-3H3. The van der Waals surface area contributed by atoms with E-state index in [1.165, 1.54) is 5.56 Å². The number of Topliss-reactive ketones (excluding diaryl/α,β-unsaturated/α-hetero) is 2. The Morgan fingerprint density at radius 2 is 0.913 bits per heavy atom. The molecular weight excluding hydrogens is 572 g/mol. The smallest absolute Gasteiger partial charge is 0.165 e. The Morgan fingerprint density at radius 3 is 1.30 bits per heavy atom. The van der Waals surface area contributed by atoms with Gasteiger partial charge < -0.3 is 20.0 Å². The van der Waals surface area contributed by atoms with Crippen LogP contribution in [0.3, 0.4) is 0 Å². The Kier molecular flexibility index (Phi) is 10.4. The first-order chi connectivity index (χ1) is 22.3. The van der Waals surface area contributed by atoms with Gasteiger partial charge in [-0.25, -0.2) is 0 Å². The number of ketones is 2. The molecule has 0 saturated carbocycles. The predicted molar refractivity (Wildman–Crippen MR) is 186 cm³/mol. The van der Waals surface area contributed by atoms with Crippen molar-refractivity contribution in [2.75, 3.05) is 16.8 Å². The summed E-state index contributed by atoms with van der Waals surface area (Å²) >= 11 is 0. The van der Waals surface area contributed by atoms with Crippen molar-refractivity contribution in [1.82, 2.24) is 0 Å². The van der Waals surface area contributed by atoms with E-state index in [1.54, 1.807) is 38.1 Å². The van der Waals surface area contributed by atoms with Gasteiger partial charge in [0, 0.05) is 49.2 Å². The van der Waals surface area contributed by atoms with Gasteiger partial charge in [0.25, 0.3) is 0 Å². The van der Waals surface area contributed by atoms with Crippen molar-refractivity contribution in [2.24, 2.45) is 0 Å². The average molecular weight is 613 g/mol. The van der Waals surface area contributed by atoms with Crippen LogP contribution in [-0.2, 0) is 16.1 Å². The highest BCUT2D eigenvalue weighted by Gasteiger charge is 2.19. The molecule has 5 aromatic carbocycles. The highest BCUT2D eigenvalue weighted by Crippen LogP contribution is 2.37. The number of benzene rings is 5. The third-order valence-electron chi connectivity index (χ3n) is 8.27. The monoisotopic (exact) mass is 612 g/mol. The summed E-state index contributed by atoms with van der Waals surface area (Å²) in [6, 6.07) is 41.8. The van der Waals surface area contributed by atoms with Gasteiger partial charge in [-0.1, -0.05) is 92.7 Å². The van der Waals surface area contributed by atoms with E-state index in [1.807, 2.05) is 30.3 Å². The number of aliphatic hydroxyl groups excluding tert-OH is 2. The maximum absolute atomic E-state index is 12.1. The summed E-state index contributed by atoms with van der Waals surface area (Å²) in [5.74, 6) is -0.460. The van der Waals surface area contributed by atoms with Crippen LogP contribution >= 0.6 is 0 Å². The Bertz CT molecular complexity index is 1670. The normalized spacial score (nSPS) is 12.3. The molecule has 6 heteroatoms. The molecule has 46 heavy (non-hydrogen) atoms. The fraction of sp³-hybridized carbons (Fsp3) is 0.200.